The van der Waals surface area contributed by atoms with E-state index in [2.05, 4.69) is 5.32 Å². The fraction of sp³-hybridized carbons (Fsp3) is 0.176. The number of benzene rings is 2. The fourth-order valence-corrected chi connectivity index (χ4v) is 2.10. The second-order valence-electron chi connectivity index (χ2n) is 5.22. The number of nitrogens with zero attached hydrogens (tertiary/aromatic N) is 1. The Kier molecular flexibility index (Phi) is 6.05. The van der Waals surface area contributed by atoms with Gasteiger partial charge in [-0.1, -0.05) is 42.5 Å². The number of nitrogens with one attached hydrogen (secondary N) is 1. The Bertz CT molecular complexity index is 745. The normalized spacial score (nSPS) is 11.4. The maximum atomic E-state index is 11.8. The molecule has 0 aromatic heterocycles. The zero-order valence-corrected chi connectivity index (χ0v) is 13.1. The van der Waals surface area contributed by atoms with Crippen LogP contribution in [0.25, 0.3) is 0 Å². The molecule has 0 spiro atoms. The van der Waals surface area contributed by atoms with Crippen molar-refractivity contribution in [1.29, 1.82) is 0 Å². The summed E-state index contributed by atoms with van der Waals surface area (Å²) in [5.74, 6) is -1.23. The van der Waals surface area contributed by atoms with Crippen LogP contribution in [0.15, 0.2) is 54.6 Å². The average Bonchev–Trinajstić information content (AvgIpc) is 2.60. The van der Waals surface area contributed by atoms with Gasteiger partial charge in [0.2, 0.25) is 0 Å². The number of carboxylic acids is 1. The predicted molar refractivity (Wildman–Crippen MR) is 88.0 cm³/mol. The number of nitro groups is 1. The van der Waals surface area contributed by atoms with Crippen molar-refractivity contribution in [2.45, 2.75) is 19.1 Å². The zero-order valence-electron chi connectivity index (χ0n) is 13.1. The van der Waals surface area contributed by atoms with E-state index in [1.165, 1.54) is 24.3 Å². The Hall–Kier alpha value is -3.42. The van der Waals surface area contributed by atoms with E-state index in [4.69, 9.17) is 4.74 Å². The molecule has 8 nitrogen and oxygen atoms in total. The molecule has 2 aromatic carbocycles. The number of aliphatic carboxylic acids is 1. The summed E-state index contributed by atoms with van der Waals surface area (Å²) in [6, 6.07) is 13.2. The van der Waals surface area contributed by atoms with Gasteiger partial charge in [-0.15, -0.1) is 0 Å². The summed E-state index contributed by atoms with van der Waals surface area (Å²) >= 11 is 0. The summed E-state index contributed by atoms with van der Waals surface area (Å²) < 4.78 is 4.99. The van der Waals surface area contributed by atoms with Crippen LogP contribution in [0, 0.1) is 10.1 Å². The molecule has 130 valence electrons. The first-order chi connectivity index (χ1) is 12.0. The molecule has 0 bridgehead atoms. The van der Waals surface area contributed by atoms with Gasteiger partial charge in [-0.05, 0) is 11.1 Å². The number of nitro benzene ring substituents is 1. The number of amides is 1. The van der Waals surface area contributed by atoms with Crippen LogP contribution in [-0.2, 0) is 22.6 Å². The molecule has 0 aliphatic rings. The third kappa shape index (κ3) is 5.61. The molecule has 0 saturated carbocycles. The van der Waals surface area contributed by atoms with Gasteiger partial charge in [-0.2, -0.15) is 0 Å². The number of carboxylic acid groups (broad SMARTS) is 1. The first kappa shape index (κ1) is 17.9. The van der Waals surface area contributed by atoms with E-state index in [0.29, 0.717) is 5.56 Å². The van der Waals surface area contributed by atoms with Crippen LogP contribution >= 0.6 is 0 Å². The Morgan fingerprint density at radius 2 is 1.72 bits per heavy atom. The second-order valence-corrected chi connectivity index (χ2v) is 5.22. The number of hydrogen-bond donors (Lipinski definition) is 2. The van der Waals surface area contributed by atoms with Crippen LogP contribution in [0.2, 0.25) is 0 Å². The molecule has 2 rings (SSSR count). The summed E-state index contributed by atoms with van der Waals surface area (Å²) in [6.07, 6.45) is -0.869. The molecule has 1 amide bonds. The number of alkyl carbamates (subject to hydrolysis) is 1. The number of carbonyl (C=O) groups is 2. The van der Waals surface area contributed by atoms with Crippen molar-refractivity contribution in [3.05, 3.63) is 75.8 Å². The first-order valence-electron chi connectivity index (χ1n) is 7.39. The molecule has 0 fully saturated rings. The second kappa shape index (κ2) is 8.44. The van der Waals surface area contributed by atoms with Gasteiger partial charge in [0.15, 0.2) is 0 Å². The van der Waals surface area contributed by atoms with Gasteiger partial charge in [0.1, 0.15) is 12.6 Å². The molecule has 0 saturated heterocycles. The number of ether oxygens (including phenoxy) is 1. The van der Waals surface area contributed by atoms with Gasteiger partial charge < -0.3 is 15.2 Å². The molecular weight excluding hydrogens is 328 g/mol. The average molecular weight is 344 g/mol. The number of hydrogen-bond acceptors (Lipinski definition) is 5. The van der Waals surface area contributed by atoms with E-state index in [9.17, 15) is 24.8 Å². The third-order valence-electron chi connectivity index (χ3n) is 3.39. The summed E-state index contributed by atoms with van der Waals surface area (Å²) in [5.41, 5.74) is 1.23. The topological polar surface area (TPSA) is 119 Å². The van der Waals surface area contributed by atoms with Crippen molar-refractivity contribution >= 4 is 17.7 Å². The van der Waals surface area contributed by atoms with Crippen molar-refractivity contribution in [3.63, 3.8) is 0 Å². The highest BCUT2D eigenvalue weighted by molar-refractivity contribution is 5.80. The van der Waals surface area contributed by atoms with Crippen LogP contribution in [-0.4, -0.2) is 28.1 Å². The highest BCUT2D eigenvalue weighted by atomic mass is 16.6. The zero-order chi connectivity index (χ0) is 18.2. The van der Waals surface area contributed by atoms with E-state index >= 15 is 0 Å². The summed E-state index contributed by atoms with van der Waals surface area (Å²) in [7, 11) is 0. The summed E-state index contributed by atoms with van der Waals surface area (Å²) in [4.78, 5) is 33.2. The van der Waals surface area contributed by atoms with E-state index < -0.39 is 23.0 Å². The molecule has 0 aliphatic heterocycles. The molecule has 2 N–H and O–H groups in total. The Morgan fingerprint density at radius 3 is 2.28 bits per heavy atom. The first-order valence-corrected chi connectivity index (χ1v) is 7.39. The molecule has 0 heterocycles. The molecule has 0 unspecified atom stereocenters. The number of rotatable bonds is 7. The number of non-ortho nitro benzene ring substituents is 1. The quantitative estimate of drug-likeness (QED) is 0.588. The Labute approximate surface area is 143 Å². The third-order valence-corrected chi connectivity index (χ3v) is 3.39. The minimum Gasteiger partial charge on any atom is -0.480 e. The van der Waals surface area contributed by atoms with Gasteiger partial charge in [0, 0.05) is 18.6 Å². The van der Waals surface area contributed by atoms with Crippen molar-refractivity contribution in [3.8, 4) is 0 Å². The molecule has 0 aliphatic carbocycles. The van der Waals surface area contributed by atoms with Crippen LogP contribution in [0.3, 0.4) is 0 Å². The van der Waals surface area contributed by atoms with Crippen molar-refractivity contribution in [1.82, 2.24) is 5.32 Å². The maximum absolute atomic E-state index is 11.8. The maximum Gasteiger partial charge on any atom is 0.408 e. The lowest BCUT2D eigenvalue weighted by atomic mass is 10.1. The minimum atomic E-state index is -1.23. The van der Waals surface area contributed by atoms with Gasteiger partial charge >= 0.3 is 12.1 Å². The highest BCUT2D eigenvalue weighted by Gasteiger charge is 2.21. The fourth-order valence-electron chi connectivity index (χ4n) is 2.10. The van der Waals surface area contributed by atoms with Crippen molar-refractivity contribution in [2.24, 2.45) is 0 Å². The van der Waals surface area contributed by atoms with E-state index in [1.54, 1.807) is 24.3 Å². The SMILES string of the molecule is O=C(N[C@@H](Cc1ccc([N+](=O)[O-])cc1)C(=O)O)OCc1ccccc1. The lowest BCUT2D eigenvalue weighted by Crippen LogP contribution is -2.42. The van der Waals surface area contributed by atoms with E-state index in [-0.39, 0.29) is 18.7 Å². The Morgan fingerprint density at radius 1 is 1.08 bits per heavy atom. The lowest BCUT2D eigenvalue weighted by molar-refractivity contribution is -0.384. The molecule has 2 aromatic rings. The largest absolute Gasteiger partial charge is 0.480 e. The van der Waals surface area contributed by atoms with Crippen LogP contribution < -0.4 is 5.32 Å². The molecule has 25 heavy (non-hydrogen) atoms. The smallest absolute Gasteiger partial charge is 0.408 e. The standard InChI is InChI=1S/C17H16N2O6/c20-16(21)15(10-12-6-8-14(9-7-12)19(23)24)18-17(22)25-11-13-4-2-1-3-5-13/h1-9,15H,10-11H2,(H,18,22)(H,20,21)/t15-/m0/s1. The van der Waals surface area contributed by atoms with Crippen LogP contribution in [0.5, 0.6) is 0 Å². The van der Waals surface area contributed by atoms with Gasteiger partial charge in [-0.3, -0.25) is 10.1 Å². The molecular formula is C17H16N2O6. The molecule has 8 heteroatoms. The molecule has 0 radical (unpaired) electrons. The van der Waals surface area contributed by atoms with Crippen LogP contribution in [0.4, 0.5) is 10.5 Å². The monoisotopic (exact) mass is 344 g/mol. The minimum absolute atomic E-state index is 0.0201. The van der Waals surface area contributed by atoms with E-state index in [0.717, 1.165) is 5.56 Å². The number of carbonyl (C=O) groups excluding carboxylic acids is 1. The summed E-state index contributed by atoms with van der Waals surface area (Å²) in [6.45, 7) is 0.0243. The van der Waals surface area contributed by atoms with Crippen molar-refractivity contribution in [2.75, 3.05) is 0 Å². The van der Waals surface area contributed by atoms with Crippen LogP contribution in [0.1, 0.15) is 11.1 Å². The summed E-state index contributed by atoms with van der Waals surface area (Å²) in [5, 5.41) is 22.1. The lowest BCUT2D eigenvalue weighted by Gasteiger charge is -2.14. The van der Waals surface area contributed by atoms with Crippen molar-refractivity contribution < 1.29 is 24.4 Å². The van der Waals surface area contributed by atoms with E-state index in [1.807, 2.05) is 6.07 Å². The van der Waals surface area contributed by atoms with Gasteiger partial charge in [0.05, 0.1) is 4.92 Å². The predicted octanol–water partition coefficient (Wildman–Crippen LogP) is 2.52. The molecule has 1 atom stereocenters. The van der Waals surface area contributed by atoms with Gasteiger partial charge in [-0.25, -0.2) is 9.59 Å². The highest BCUT2D eigenvalue weighted by Crippen LogP contribution is 2.13. The van der Waals surface area contributed by atoms with Gasteiger partial charge in [0.25, 0.3) is 5.69 Å². The Balaban J connectivity index is 1.92.